The van der Waals surface area contributed by atoms with Crippen molar-refractivity contribution in [1.82, 2.24) is 9.97 Å². The first-order valence-corrected chi connectivity index (χ1v) is 8.08. The van der Waals surface area contributed by atoms with E-state index in [1.54, 1.807) is 11.8 Å². The van der Waals surface area contributed by atoms with E-state index in [1.807, 2.05) is 6.07 Å². The molecule has 1 N–H and O–H groups in total. The minimum absolute atomic E-state index is 0.0630. The molecule has 0 atom stereocenters. The van der Waals surface area contributed by atoms with Crippen molar-refractivity contribution in [2.75, 3.05) is 11.9 Å². The number of aryl methyl sites for hydroxylation is 1. The Labute approximate surface area is 131 Å². The number of benzene rings is 1. The first-order valence-electron chi connectivity index (χ1n) is 7.27. The molecule has 0 aliphatic rings. The topological polar surface area (TPSA) is 37.8 Å². The van der Waals surface area contributed by atoms with Crippen molar-refractivity contribution in [1.29, 1.82) is 0 Å². The van der Waals surface area contributed by atoms with Crippen LogP contribution >= 0.6 is 11.8 Å². The van der Waals surface area contributed by atoms with Crippen LogP contribution in [0.2, 0.25) is 0 Å². The van der Waals surface area contributed by atoms with Gasteiger partial charge in [-0.15, -0.1) is 0 Å². The summed E-state index contributed by atoms with van der Waals surface area (Å²) < 4.78 is 0. The summed E-state index contributed by atoms with van der Waals surface area (Å²) in [6.07, 6.45) is 0. The molecule has 112 valence electrons. The number of aromatic nitrogens is 2. The highest BCUT2D eigenvalue weighted by Crippen LogP contribution is 2.31. The fourth-order valence-electron chi connectivity index (χ4n) is 1.87. The molecule has 0 spiro atoms. The van der Waals surface area contributed by atoms with Crippen LogP contribution in [0.3, 0.4) is 0 Å². The van der Waals surface area contributed by atoms with Crippen LogP contribution in [0, 0.1) is 6.92 Å². The summed E-state index contributed by atoms with van der Waals surface area (Å²) in [6, 6.07) is 10.4. The minimum atomic E-state index is -0.0630. The standard InChI is InChI=1S/C17H23N3S/c1-6-18-14-11-15(20-16(19-14)17(3,4)5)21-13-10-8-7-9-12(13)2/h7-11H,6H2,1-5H3,(H,18,19,20). The maximum absolute atomic E-state index is 4.74. The van der Waals surface area contributed by atoms with Crippen molar-refractivity contribution in [3.8, 4) is 0 Å². The molecule has 0 amide bonds. The second-order valence-corrected chi connectivity index (χ2v) is 7.13. The number of nitrogens with one attached hydrogen (secondary N) is 1. The third kappa shape index (κ3) is 4.21. The van der Waals surface area contributed by atoms with Gasteiger partial charge in [-0.25, -0.2) is 9.97 Å². The monoisotopic (exact) mass is 301 g/mol. The van der Waals surface area contributed by atoms with Gasteiger partial charge in [0, 0.05) is 22.9 Å². The lowest BCUT2D eigenvalue weighted by atomic mass is 9.96. The SMILES string of the molecule is CCNc1cc(Sc2ccccc2C)nc(C(C)(C)C)n1. The van der Waals surface area contributed by atoms with Crippen LogP contribution in [-0.2, 0) is 5.41 Å². The third-order valence-corrected chi connectivity index (χ3v) is 4.14. The first-order chi connectivity index (χ1) is 9.90. The summed E-state index contributed by atoms with van der Waals surface area (Å²) in [5, 5.41) is 4.28. The smallest absolute Gasteiger partial charge is 0.137 e. The van der Waals surface area contributed by atoms with Crippen molar-refractivity contribution in [2.45, 2.75) is 50.0 Å². The Kier molecular flexibility index (Phi) is 4.88. The Balaban J connectivity index is 2.38. The van der Waals surface area contributed by atoms with Crippen LogP contribution in [0.1, 0.15) is 39.1 Å². The quantitative estimate of drug-likeness (QED) is 0.833. The highest BCUT2D eigenvalue weighted by molar-refractivity contribution is 7.99. The van der Waals surface area contributed by atoms with Crippen molar-refractivity contribution in [2.24, 2.45) is 0 Å². The molecule has 21 heavy (non-hydrogen) atoms. The largest absolute Gasteiger partial charge is 0.370 e. The summed E-state index contributed by atoms with van der Waals surface area (Å²) in [7, 11) is 0. The molecule has 3 nitrogen and oxygen atoms in total. The second-order valence-electron chi connectivity index (χ2n) is 6.06. The minimum Gasteiger partial charge on any atom is -0.370 e. The fraction of sp³-hybridized carbons (Fsp3) is 0.412. The Bertz CT molecular complexity index is 618. The third-order valence-electron chi connectivity index (χ3n) is 3.04. The van der Waals surface area contributed by atoms with Gasteiger partial charge in [0.05, 0.1) is 0 Å². The summed E-state index contributed by atoms with van der Waals surface area (Å²) >= 11 is 1.69. The van der Waals surface area contributed by atoms with E-state index in [0.717, 1.165) is 23.2 Å². The Morgan fingerprint density at radius 3 is 2.48 bits per heavy atom. The van der Waals surface area contributed by atoms with Crippen LogP contribution in [0.4, 0.5) is 5.82 Å². The summed E-state index contributed by atoms with van der Waals surface area (Å²) in [5.74, 6) is 1.77. The Hall–Kier alpha value is -1.55. The molecule has 0 unspecified atom stereocenters. The zero-order chi connectivity index (χ0) is 15.5. The van der Waals surface area contributed by atoms with Crippen LogP contribution in [0.15, 0.2) is 40.3 Å². The molecular weight excluding hydrogens is 278 g/mol. The van der Waals surface area contributed by atoms with Crippen molar-refractivity contribution in [3.05, 3.63) is 41.7 Å². The van der Waals surface area contributed by atoms with Crippen LogP contribution < -0.4 is 5.32 Å². The van der Waals surface area contributed by atoms with E-state index in [4.69, 9.17) is 4.98 Å². The van der Waals surface area contributed by atoms with Gasteiger partial charge < -0.3 is 5.32 Å². The Morgan fingerprint density at radius 1 is 1.14 bits per heavy atom. The average molecular weight is 301 g/mol. The van der Waals surface area contributed by atoms with Gasteiger partial charge in [-0.2, -0.15) is 0 Å². The molecule has 1 aromatic carbocycles. The molecule has 0 aliphatic carbocycles. The van der Waals surface area contributed by atoms with E-state index < -0.39 is 0 Å². The number of rotatable bonds is 4. The number of hydrogen-bond donors (Lipinski definition) is 1. The van der Waals surface area contributed by atoms with Crippen molar-refractivity contribution >= 4 is 17.6 Å². The van der Waals surface area contributed by atoms with Gasteiger partial charge in [0.2, 0.25) is 0 Å². The highest BCUT2D eigenvalue weighted by Gasteiger charge is 2.19. The molecule has 2 aromatic rings. The predicted octanol–water partition coefficient (Wildman–Crippen LogP) is 4.67. The van der Waals surface area contributed by atoms with Crippen molar-refractivity contribution < 1.29 is 0 Å². The maximum atomic E-state index is 4.74. The molecular formula is C17H23N3S. The zero-order valence-electron chi connectivity index (χ0n) is 13.4. The van der Waals surface area contributed by atoms with E-state index in [1.165, 1.54) is 10.5 Å². The van der Waals surface area contributed by atoms with Crippen LogP contribution in [-0.4, -0.2) is 16.5 Å². The fourth-order valence-corrected chi connectivity index (χ4v) is 2.77. The lowest BCUT2D eigenvalue weighted by molar-refractivity contribution is 0.539. The number of hydrogen-bond acceptors (Lipinski definition) is 4. The van der Waals surface area contributed by atoms with Crippen LogP contribution in [0.5, 0.6) is 0 Å². The molecule has 0 aliphatic heterocycles. The first kappa shape index (κ1) is 15.8. The van der Waals surface area contributed by atoms with E-state index in [9.17, 15) is 0 Å². The van der Waals surface area contributed by atoms with Gasteiger partial charge in [-0.3, -0.25) is 0 Å². The molecule has 0 radical (unpaired) electrons. The van der Waals surface area contributed by atoms with Gasteiger partial charge >= 0.3 is 0 Å². The normalized spacial score (nSPS) is 11.5. The maximum Gasteiger partial charge on any atom is 0.137 e. The number of anilines is 1. The Morgan fingerprint density at radius 2 is 1.86 bits per heavy atom. The average Bonchev–Trinajstić information content (AvgIpc) is 2.41. The van der Waals surface area contributed by atoms with E-state index in [-0.39, 0.29) is 5.41 Å². The second kappa shape index (κ2) is 6.48. The van der Waals surface area contributed by atoms with Gasteiger partial charge in [-0.05, 0) is 25.5 Å². The highest BCUT2D eigenvalue weighted by atomic mass is 32.2. The lowest BCUT2D eigenvalue weighted by Crippen LogP contribution is -2.17. The van der Waals surface area contributed by atoms with Gasteiger partial charge in [0.1, 0.15) is 16.7 Å². The molecule has 4 heteroatoms. The molecule has 2 rings (SSSR count). The number of nitrogens with zero attached hydrogens (tertiary/aromatic N) is 2. The van der Waals surface area contributed by atoms with Crippen LogP contribution in [0.25, 0.3) is 0 Å². The van der Waals surface area contributed by atoms with Gasteiger partial charge in [0.15, 0.2) is 0 Å². The summed E-state index contributed by atoms with van der Waals surface area (Å²) in [6.45, 7) is 11.5. The molecule has 1 heterocycles. The molecule has 0 saturated heterocycles. The zero-order valence-corrected chi connectivity index (χ0v) is 14.2. The molecule has 0 saturated carbocycles. The summed E-state index contributed by atoms with van der Waals surface area (Å²) in [4.78, 5) is 10.6. The van der Waals surface area contributed by atoms with Crippen molar-refractivity contribution in [3.63, 3.8) is 0 Å². The van der Waals surface area contributed by atoms with E-state index >= 15 is 0 Å². The predicted molar refractivity (Wildman–Crippen MR) is 90.2 cm³/mol. The lowest BCUT2D eigenvalue weighted by Gasteiger charge is -2.18. The van der Waals surface area contributed by atoms with Gasteiger partial charge in [0.25, 0.3) is 0 Å². The molecule has 0 bridgehead atoms. The van der Waals surface area contributed by atoms with E-state index in [2.05, 4.69) is 69.2 Å². The molecule has 0 fully saturated rings. The molecule has 1 aromatic heterocycles. The van der Waals surface area contributed by atoms with Gasteiger partial charge in [-0.1, -0.05) is 50.7 Å². The van der Waals surface area contributed by atoms with E-state index in [0.29, 0.717) is 0 Å². The summed E-state index contributed by atoms with van der Waals surface area (Å²) in [5.41, 5.74) is 1.20.